The van der Waals surface area contributed by atoms with Crippen molar-refractivity contribution in [3.8, 4) is 28.0 Å². The summed E-state index contributed by atoms with van der Waals surface area (Å²) in [5.41, 5.74) is 7.73. The van der Waals surface area contributed by atoms with E-state index in [-0.39, 0.29) is 10.8 Å². The highest BCUT2D eigenvalue weighted by Gasteiger charge is 2.37. The molecular formula is C33H41NO3. The summed E-state index contributed by atoms with van der Waals surface area (Å²) in [6.45, 7) is 14.2. The van der Waals surface area contributed by atoms with Gasteiger partial charge in [-0.3, -0.25) is 0 Å². The van der Waals surface area contributed by atoms with Crippen molar-refractivity contribution < 1.29 is 14.6 Å². The molecule has 4 nitrogen and oxygen atoms in total. The molecule has 0 radical (unpaired) electrons. The standard InChI is InChI=1S/C33H41NO3/c1-6-34-19-7-8-20-37-30-16-14-25(23-9-11-24(12-10-23)31(35)36)21-27(30)26-13-15-28-29(22-26)33(4,5)18-17-32(28,2)3/h9-16,21-22,34H,6-8,17-20H2,1-5H3,(H,35,36). The lowest BCUT2D eigenvalue weighted by Crippen LogP contribution is -2.33. The van der Waals surface area contributed by atoms with Gasteiger partial charge in [0.1, 0.15) is 5.75 Å². The Morgan fingerprint density at radius 2 is 1.49 bits per heavy atom. The summed E-state index contributed by atoms with van der Waals surface area (Å²) in [5.74, 6) is -0.0214. The monoisotopic (exact) mass is 499 g/mol. The summed E-state index contributed by atoms with van der Waals surface area (Å²) < 4.78 is 6.34. The van der Waals surface area contributed by atoms with Crippen LogP contribution in [0.25, 0.3) is 22.3 Å². The molecule has 37 heavy (non-hydrogen) atoms. The van der Waals surface area contributed by atoms with E-state index >= 15 is 0 Å². The zero-order valence-electron chi connectivity index (χ0n) is 23.0. The predicted molar refractivity (Wildman–Crippen MR) is 153 cm³/mol. The number of carboxylic acid groups (broad SMARTS) is 1. The van der Waals surface area contributed by atoms with Gasteiger partial charge < -0.3 is 15.2 Å². The Hall–Kier alpha value is -3.11. The van der Waals surface area contributed by atoms with E-state index in [9.17, 15) is 9.90 Å². The molecule has 4 heteroatoms. The number of unbranched alkanes of at least 4 members (excludes halogenated alkanes) is 1. The smallest absolute Gasteiger partial charge is 0.335 e. The van der Waals surface area contributed by atoms with Crippen molar-refractivity contribution >= 4 is 5.97 Å². The van der Waals surface area contributed by atoms with Gasteiger partial charge in [0, 0.05) is 5.56 Å². The maximum absolute atomic E-state index is 11.3. The molecule has 0 heterocycles. The second-order valence-electron chi connectivity index (χ2n) is 11.5. The molecule has 0 saturated carbocycles. The minimum Gasteiger partial charge on any atom is -0.493 e. The predicted octanol–water partition coefficient (Wildman–Crippen LogP) is 7.84. The third kappa shape index (κ3) is 6.07. The fourth-order valence-corrected chi connectivity index (χ4v) is 5.33. The number of hydrogen-bond acceptors (Lipinski definition) is 3. The first-order valence-electron chi connectivity index (χ1n) is 13.6. The van der Waals surface area contributed by atoms with E-state index < -0.39 is 5.97 Å². The van der Waals surface area contributed by atoms with Crippen LogP contribution < -0.4 is 10.1 Å². The third-order valence-electron chi connectivity index (χ3n) is 7.86. The molecule has 2 N–H and O–H groups in total. The topological polar surface area (TPSA) is 58.6 Å². The molecule has 3 aromatic carbocycles. The van der Waals surface area contributed by atoms with Crippen LogP contribution in [0.15, 0.2) is 60.7 Å². The van der Waals surface area contributed by atoms with E-state index in [1.807, 2.05) is 12.1 Å². The zero-order valence-corrected chi connectivity index (χ0v) is 23.0. The van der Waals surface area contributed by atoms with Crippen molar-refractivity contribution in [1.82, 2.24) is 5.32 Å². The Kier molecular flexibility index (Phi) is 8.08. The van der Waals surface area contributed by atoms with Crippen LogP contribution in [0.2, 0.25) is 0 Å². The number of ether oxygens (including phenoxy) is 1. The molecule has 0 spiro atoms. The maximum atomic E-state index is 11.3. The van der Waals surface area contributed by atoms with E-state index in [1.165, 1.54) is 24.0 Å². The summed E-state index contributed by atoms with van der Waals surface area (Å²) in [7, 11) is 0. The first-order valence-corrected chi connectivity index (χ1v) is 13.6. The molecular weight excluding hydrogens is 458 g/mol. The van der Waals surface area contributed by atoms with Gasteiger partial charge in [0.2, 0.25) is 0 Å². The fraction of sp³-hybridized carbons (Fsp3) is 0.424. The molecule has 0 amide bonds. The summed E-state index contributed by atoms with van der Waals surface area (Å²) in [5, 5.41) is 12.7. The number of hydrogen-bond donors (Lipinski definition) is 2. The minimum absolute atomic E-state index is 0.123. The number of benzene rings is 3. The molecule has 1 aliphatic carbocycles. The van der Waals surface area contributed by atoms with Crippen LogP contribution in [0, 0.1) is 0 Å². The van der Waals surface area contributed by atoms with Crippen LogP contribution in [0.5, 0.6) is 5.75 Å². The molecule has 4 rings (SSSR count). The molecule has 0 saturated heterocycles. The number of carboxylic acids is 1. The Morgan fingerprint density at radius 1 is 0.838 bits per heavy atom. The van der Waals surface area contributed by atoms with E-state index in [4.69, 9.17) is 4.74 Å². The summed E-state index contributed by atoms with van der Waals surface area (Å²) in [6.07, 6.45) is 4.44. The van der Waals surface area contributed by atoms with E-state index in [0.29, 0.717) is 12.2 Å². The summed E-state index contributed by atoms with van der Waals surface area (Å²) in [6, 6.07) is 20.3. The van der Waals surface area contributed by atoms with Crippen molar-refractivity contribution in [2.24, 2.45) is 0 Å². The molecule has 196 valence electrons. The van der Waals surface area contributed by atoms with Gasteiger partial charge in [-0.2, -0.15) is 0 Å². The number of rotatable bonds is 10. The van der Waals surface area contributed by atoms with Gasteiger partial charge in [-0.1, -0.05) is 71.0 Å². The van der Waals surface area contributed by atoms with Crippen molar-refractivity contribution in [2.45, 2.75) is 71.1 Å². The highest BCUT2D eigenvalue weighted by atomic mass is 16.5. The lowest BCUT2D eigenvalue weighted by molar-refractivity contribution is 0.0697. The highest BCUT2D eigenvalue weighted by molar-refractivity contribution is 5.88. The lowest BCUT2D eigenvalue weighted by Gasteiger charge is -2.42. The van der Waals surface area contributed by atoms with Gasteiger partial charge in [-0.15, -0.1) is 0 Å². The van der Waals surface area contributed by atoms with E-state index in [0.717, 1.165) is 53.9 Å². The lowest BCUT2D eigenvalue weighted by atomic mass is 9.63. The normalized spacial score (nSPS) is 15.7. The maximum Gasteiger partial charge on any atom is 0.335 e. The van der Waals surface area contributed by atoms with Gasteiger partial charge in [0.25, 0.3) is 0 Å². The first-order chi connectivity index (χ1) is 17.6. The average molecular weight is 500 g/mol. The van der Waals surface area contributed by atoms with Crippen LogP contribution in [0.1, 0.15) is 81.8 Å². The molecule has 0 atom stereocenters. The van der Waals surface area contributed by atoms with Gasteiger partial charge in [-0.25, -0.2) is 4.79 Å². The Bertz CT molecular complexity index is 1240. The minimum atomic E-state index is -0.912. The van der Waals surface area contributed by atoms with Crippen molar-refractivity contribution in [3.05, 3.63) is 77.4 Å². The van der Waals surface area contributed by atoms with Gasteiger partial charge in [0.05, 0.1) is 12.2 Å². The van der Waals surface area contributed by atoms with Crippen molar-refractivity contribution in [1.29, 1.82) is 0 Å². The molecule has 0 bridgehead atoms. The summed E-state index contributed by atoms with van der Waals surface area (Å²) in [4.78, 5) is 11.3. The van der Waals surface area contributed by atoms with E-state index in [2.05, 4.69) is 76.3 Å². The van der Waals surface area contributed by atoms with Crippen LogP contribution in [-0.4, -0.2) is 30.8 Å². The number of fused-ring (bicyclic) bond motifs is 1. The molecule has 0 unspecified atom stereocenters. The average Bonchev–Trinajstić information content (AvgIpc) is 2.89. The third-order valence-corrected chi connectivity index (χ3v) is 7.86. The summed E-state index contributed by atoms with van der Waals surface area (Å²) >= 11 is 0. The second-order valence-corrected chi connectivity index (χ2v) is 11.5. The number of carbonyl (C=O) groups is 1. The van der Waals surface area contributed by atoms with Gasteiger partial charge in [0.15, 0.2) is 0 Å². The number of nitrogens with one attached hydrogen (secondary N) is 1. The van der Waals surface area contributed by atoms with Crippen molar-refractivity contribution in [2.75, 3.05) is 19.7 Å². The van der Waals surface area contributed by atoms with E-state index in [1.54, 1.807) is 12.1 Å². The van der Waals surface area contributed by atoms with Crippen LogP contribution in [0.3, 0.4) is 0 Å². The van der Waals surface area contributed by atoms with Crippen LogP contribution in [0.4, 0.5) is 0 Å². The Morgan fingerprint density at radius 3 is 2.16 bits per heavy atom. The molecule has 1 aliphatic rings. The highest BCUT2D eigenvalue weighted by Crippen LogP contribution is 2.47. The van der Waals surface area contributed by atoms with Gasteiger partial charge in [-0.05, 0) is 102 Å². The largest absolute Gasteiger partial charge is 0.493 e. The molecule has 0 aromatic heterocycles. The quantitative estimate of drug-likeness (QED) is 0.279. The molecule has 0 aliphatic heterocycles. The Balaban J connectivity index is 1.72. The van der Waals surface area contributed by atoms with Crippen molar-refractivity contribution in [3.63, 3.8) is 0 Å². The first kappa shape index (κ1) is 26.9. The van der Waals surface area contributed by atoms with Crippen LogP contribution >= 0.6 is 0 Å². The zero-order chi connectivity index (χ0) is 26.6. The SMILES string of the molecule is CCNCCCCOc1ccc(-c2ccc(C(=O)O)cc2)cc1-c1ccc2c(c1)C(C)(C)CCC2(C)C. The van der Waals surface area contributed by atoms with Crippen LogP contribution in [-0.2, 0) is 10.8 Å². The fourth-order valence-electron chi connectivity index (χ4n) is 5.33. The molecule has 0 fully saturated rings. The second kappa shape index (κ2) is 11.1. The van der Waals surface area contributed by atoms with Gasteiger partial charge >= 0.3 is 5.97 Å². The molecule has 3 aromatic rings. The number of aromatic carboxylic acids is 1. The Labute approximate surface area is 222 Å².